The molecule has 0 fully saturated rings. The molecular weight excluding hydrogens is 388 g/mol. The lowest BCUT2D eigenvalue weighted by Crippen LogP contribution is -2.15. The van der Waals surface area contributed by atoms with Gasteiger partial charge in [0.1, 0.15) is 6.10 Å². The molecule has 5 nitrogen and oxygen atoms in total. The molecule has 0 amide bonds. The molecule has 2 aromatic heterocycles. The van der Waals surface area contributed by atoms with Crippen molar-refractivity contribution in [1.29, 1.82) is 0 Å². The van der Waals surface area contributed by atoms with Gasteiger partial charge in [-0.1, -0.05) is 48.0 Å². The van der Waals surface area contributed by atoms with Crippen molar-refractivity contribution in [2.75, 3.05) is 0 Å². The van der Waals surface area contributed by atoms with E-state index in [9.17, 15) is 15.0 Å². The summed E-state index contributed by atoms with van der Waals surface area (Å²) in [6.07, 6.45) is 0.707. The van der Waals surface area contributed by atoms with E-state index in [0.717, 1.165) is 22.5 Å². The maximum Gasteiger partial charge on any atom is 0.223 e. The van der Waals surface area contributed by atoms with Crippen molar-refractivity contribution in [1.82, 2.24) is 9.55 Å². The predicted octanol–water partition coefficient (Wildman–Crippen LogP) is 4.50. The van der Waals surface area contributed by atoms with Crippen molar-refractivity contribution in [2.24, 2.45) is 0 Å². The van der Waals surface area contributed by atoms with E-state index in [0.29, 0.717) is 11.4 Å². The van der Waals surface area contributed by atoms with Crippen molar-refractivity contribution >= 4 is 0 Å². The highest BCUT2D eigenvalue weighted by Crippen LogP contribution is 2.25. The Bertz CT molecular complexity index is 1280. The van der Waals surface area contributed by atoms with Crippen LogP contribution in [0.2, 0.25) is 0 Å². The largest absolute Gasteiger partial charge is 0.503 e. The lowest BCUT2D eigenvalue weighted by molar-refractivity contribution is 0.171. The summed E-state index contributed by atoms with van der Waals surface area (Å²) in [5.41, 5.74) is 5.51. The molecule has 1 atom stereocenters. The minimum Gasteiger partial charge on any atom is -0.503 e. The van der Waals surface area contributed by atoms with Gasteiger partial charge in [0.05, 0.1) is 11.9 Å². The Morgan fingerprint density at radius 2 is 1.68 bits per heavy atom. The summed E-state index contributed by atoms with van der Waals surface area (Å²) < 4.78 is 1.74. The molecule has 156 valence electrons. The normalized spacial score (nSPS) is 12.0. The van der Waals surface area contributed by atoms with Crippen molar-refractivity contribution in [3.63, 3.8) is 0 Å². The highest BCUT2D eigenvalue weighted by molar-refractivity contribution is 5.66. The minimum atomic E-state index is -0.879. The Labute approximate surface area is 180 Å². The fraction of sp³-hybridized carbons (Fsp3) is 0.154. The molecule has 4 rings (SSSR count). The monoisotopic (exact) mass is 412 g/mol. The number of pyridine rings is 2. The highest BCUT2D eigenvalue weighted by Gasteiger charge is 2.15. The molecule has 0 aliphatic rings. The van der Waals surface area contributed by atoms with E-state index in [1.54, 1.807) is 10.6 Å². The van der Waals surface area contributed by atoms with Crippen molar-refractivity contribution in [3.05, 3.63) is 112 Å². The van der Waals surface area contributed by atoms with E-state index < -0.39 is 11.5 Å². The first-order valence-corrected chi connectivity index (χ1v) is 10.1. The van der Waals surface area contributed by atoms with Crippen LogP contribution in [0.3, 0.4) is 0 Å². The molecule has 0 aliphatic heterocycles. The smallest absolute Gasteiger partial charge is 0.223 e. The number of aryl methyl sites for hydroxylation is 2. The number of hydrogen-bond acceptors (Lipinski definition) is 4. The van der Waals surface area contributed by atoms with Crippen LogP contribution >= 0.6 is 0 Å². The number of aliphatic hydroxyl groups excluding tert-OH is 1. The standard InChI is InChI=1S/C26H24N2O3/c1-17-9-11-19(12-10-17)20-6-4-7-21(13-20)28-16-26(31)25(30)15-22(28)14-24(29)23-8-3-5-18(2)27-23/h3-13,15-16,24,29,31H,14H2,1-2H3. The van der Waals surface area contributed by atoms with Crippen LogP contribution in [0.4, 0.5) is 0 Å². The second-order valence-electron chi connectivity index (χ2n) is 7.72. The van der Waals surface area contributed by atoms with Gasteiger partial charge in [-0.05, 0) is 49.2 Å². The number of aliphatic hydroxyl groups is 1. The zero-order valence-corrected chi connectivity index (χ0v) is 17.5. The topological polar surface area (TPSA) is 75.4 Å². The summed E-state index contributed by atoms with van der Waals surface area (Å²) in [7, 11) is 0. The average molecular weight is 412 g/mol. The van der Waals surface area contributed by atoms with Crippen molar-refractivity contribution < 1.29 is 10.2 Å². The van der Waals surface area contributed by atoms with Gasteiger partial charge in [0.2, 0.25) is 5.43 Å². The number of nitrogens with zero attached hydrogens (tertiary/aromatic N) is 2. The zero-order chi connectivity index (χ0) is 22.0. The van der Waals surface area contributed by atoms with Gasteiger partial charge in [-0.15, -0.1) is 0 Å². The van der Waals surface area contributed by atoms with Gasteiger partial charge >= 0.3 is 0 Å². The highest BCUT2D eigenvalue weighted by atomic mass is 16.3. The van der Waals surface area contributed by atoms with Crippen LogP contribution in [-0.2, 0) is 6.42 Å². The SMILES string of the molecule is Cc1ccc(-c2cccc(-n3cc(O)c(=O)cc3CC(O)c3cccc(C)n3)c2)cc1. The Morgan fingerprint density at radius 3 is 2.42 bits per heavy atom. The molecule has 2 aromatic carbocycles. The maximum atomic E-state index is 12.2. The third-order valence-electron chi connectivity index (χ3n) is 5.27. The third kappa shape index (κ3) is 4.57. The van der Waals surface area contributed by atoms with E-state index >= 15 is 0 Å². The van der Waals surface area contributed by atoms with Gasteiger partial charge in [0, 0.05) is 29.6 Å². The van der Waals surface area contributed by atoms with Crippen LogP contribution < -0.4 is 5.43 Å². The summed E-state index contributed by atoms with van der Waals surface area (Å²) in [6.45, 7) is 3.91. The minimum absolute atomic E-state index is 0.181. The van der Waals surface area contributed by atoms with Gasteiger partial charge < -0.3 is 14.8 Å². The molecule has 0 radical (unpaired) electrons. The average Bonchev–Trinajstić information content (AvgIpc) is 2.76. The lowest BCUT2D eigenvalue weighted by Gasteiger charge is -2.18. The number of benzene rings is 2. The zero-order valence-electron chi connectivity index (χ0n) is 17.5. The van der Waals surface area contributed by atoms with E-state index in [2.05, 4.69) is 29.2 Å². The molecule has 0 aliphatic carbocycles. The van der Waals surface area contributed by atoms with Crippen molar-refractivity contribution in [2.45, 2.75) is 26.4 Å². The quantitative estimate of drug-likeness (QED) is 0.506. The van der Waals surface area contributed by atoms with E-state index in [1.807, 2.05) is 50.2 Å². The number of aromatic hydroxyl groups is 1. The van der Waals surface area contributed by atoms with Crippen LogP contribution in [0.5, 0.6) is 5.75 Å². The fourth-order valence-corrected chi connectivity index (χ4v) is 3.59. The molecule has 2 N–H and O–H groups in total. The number of aromatic nitrogens is 2. The molecule has 0 saturated heterocycles. The first-order chi connectivity index (χ1) is 14.9. The Hall–Kier alpha value is -3.70. The van der Waals surface area contributed by atoms with E-state index in [1.165, 1.54) is 17.8 Å². The maximum absolute atomic E-state index is 12.2. The summed E-state index contributed by atoms with van der Waals surface area (Å²) >= 11 is 0. The van der Waals surface area contributed by atoms with Crippen LogP contribution in [0.15, 0.2) is 83.8 Å². The molecule has 2 heterocycles. The summed E-state index contributed by atoms with van der Waals surface area (Å²) in [5.74, 6) is -0.340. The molecule has 1 unspecified atom stereocenters. The summed E-state index contributed by atoms with van der Waals surface area (Å²) in [4.78, 5) is 16.5. The molecule has 31 heavy (non-hydrogen) atoms. The van der Waals surface area contributed by atoms with Crippen LogP contribution in [0, 0.1) is 13.8 Å². The third-order valence-corrected chi connectivity index (χ3v) is 5.27. The molecule has 4 aromatic rings. The lowest BCUT2D eigenvalue weighted by atomic mass is 10.0. The van der Waals surface area contributed by atoms with Crippen LogP contribution in [0.1, 0.15) is 28.7 Å². The number of rotatable bonds is 5. The van der Waals surface area contributed by atoms with Gasteiger partial charge in [-0.2, -0.15) is 0 Å². The van der Waals surface area contributed by atoms with E-state index in [4.69, 9.17) is 0 Å². The van der Waals surface area contributed by atoms with Crippen molar-refractivity contribution in [3.8, 4) is 22.6 Å². The molecular formula is C26H24N2O3. The number of hydrogen-bond donors (Lipinski definition) is 2. The first-order valence-electron chi connectivity index (χ1n) is 10.1. The van der Waals surface area contributed by atoms with Gasteiger partial charge in [-0.25, -0.2) is 0 Å². The van der Waals surface area contributed by atoms with E-state index in [-0.39, 0.29) is 12.2 Å². The fourth-order valence-electron chi connectivity index (χ4n) is 3.59. The molecule has 0 spiro atoms. The Kier molecular flexibility index (Phi) is 5.69. The van der Waals surface area contributed by atoms with Gasteiger partial charge in [-0.3, -0.25) is 9.78 Å². The second kappa shape index (κ2) is 8.58. The molecule has 0 saturated carbocycles. The Morgan fingerprint density at radius 1 is 0.935 bits per heavy atom. The van der Waals surface area contributed by atoms with Gasteiger partial charge in [0.25, 0.3) is 0 Å². The first kappa shape index (κ1) is 20.6. The predicted molar refractivity (Wildman–Crippen MR) is 122 cm³/mol. The summed E-state index contributed by atoms with van der Waals surface area (Å²) in [6, 6.07) is 22.9. The molecule has 5 heteroatoms. The second-order valence-corrected chi connectivity index (χ2v) is 7.72. The van der Waals surface area contributed by atoms with Gasteiger partial charge in [0.15, 0.2) is 5.75 Å². The Balaban J connectivity index is 1.75. The van der Waals surface area contributed by atoms with Crippen LogP contribution in [-0.4, -0.2) is 19.8 Å². The van der Waals surface area contributed by atoms with Crippen LogP contribution in [0.25, 0.3) is 16.8 Å². The molecule has 0 bridgehead atoms. The summed E-state index contributed by atoms with van der Waals surface area (Å²) in [5, 5.41) is 20.8.